The number of hydrogen-bond acceptors (Lipinski definition) is 4. The van der Waals surface area contributed by atoms with E-state index < -0.39 is 23.2 Å². The molecule has 0 aliphatic rings. The Morgan fingerprint density at radius 1 is 1.11 bits per heavy atom. The molecule has 138 valence electrons. The molecule has 3 aromatic rings. The second-order valence-electron chi connectivity index (χ2n) is 6.41. The van der Waals surface area contributed by atoms with E-state index in [0.29, 0.717) is 27.7 Å². The molecule has 0 aliphatic heterocycles. The van der Waals surface area contributed by atoms with Crippen molar-refractivity contribution in [2.75, 3.05) is 7.11 Å². The summed E-state index contributed by atoms with van der Waals surface area (Å²) in [6.07, 6.45) is 0. The van der Waals surface area contributed by atoms with Gasteiger partial charge in [0.05, 0.1) is 18.2 Å². The summed E-state index contributed by atoms with van der Waals surface area (Å²) in [7, 11) is 1.27. The van der Waals surface area contributed by atoms with Crippen LogP contribution in [-0.2, 0) is 15.1 Å². The van der Waals surface area contributed by atoms with Crippen molar-refractivity contribution in [1.29, 1.82) is 0 Å². The summed E-state index contributed by atoms with van der Waals surface area (Å²) < 4.78 is 18.5. The maximum absolute atomic E-state index is 13.5. The van der Waals surface area contributed by atoms with Crippen molar-refractivity contribution in [3.05, 3.63) is 77.2 Å². The van der Waals surface area contributed by atoms with E-state index in [1.165, 1.54) is 25.3 Å². The third kappa shape index (κ3) is 3.51. The first-order chi connectivity index (χ1) is 12.8. The number of rotatable bonds is 4. The Bertz CT molecular complexity index is 1020. The van der Waals surface area contributed by atoms with Crippen molar-refractivity contribution >= 4 is 22.8 Å². The van der Waals surface area contributed by atoms with Crippen molar-refractivity contribution in [3.63, 3.8) is 0 Å². The standard InChI is InChI=1S/C21H19FN2O3/c1-13-11-17(16-10-9-15(22)12-18(16)23-13)19(25)24-21(2,20(26)27-3)14-7-5-4-6-8-14/h4-12H,1-3H3,(H,24,25). The van der Waals surface area contributed by atoms with E-state index in [1.807, 2.05) is 6.07 Å². The number of nitrogens with zero attached hydrogens (tertiary/aromatic N) is 1. The van der Waals surface area contributed by atoms with E-state index in [0.717, 1.165) is 0 Å². The van der Waals surface area contributed by atoms with Gasteiger partial charge in [0.1, 0.15) is 5.82 Å². The molecule has 0 saturated heterocycles. The smallest absolute Gasteiger partial charge is 0.336 e. The summed E-state index contributed by atoms with van der Waals surface area (Å²) in [5, 5.41) is 3.28. The molecule has 27 heavy (non-hydrogen) atoms. The normalized spacial score (nSPS) is 13.0. The number of hydrogen-bond donors (Lipinski definition) is 1. The summed E-state index contributed by atoms with van der Waals surface area (Å²) >= 11 is 0. The monoisotopic (exact) mass is 366 g/mol. The Balaban J connectivity index is 2.07. The van der Waals surface area contributed by atoms with Crippen LogP contribution in [0.15, 0.2) is 54.6 Å². The second-order valence-corrected chi connectivity index (χ2v) is 6.41. The van der Waals surface area contributed by atoms with Crippen LogP contribution in [-0.4, -0.2) is 24.0 Å². The minimum atomic E-state index is -1.38. The fourth-order valence-electron chi connectivity index (χ4n) is 3.03. The van der Waals surface area contributed by atoms with Crippen LogP contribution in [0.1, 0.15) is 28.5 Å². The molecule has 1 heterocycles. The predicted molar refractivity (Wildman–Crippen MR) is 99.7 cm³/mol. The molecule has 0 fully saturated rings. The van der Waals surface area contributed by atoms with Crippen molar-refractivity contribution in [2.24, 2.45) is 0 Å². The van der Waals surface area contributed by atoms with Gasteiger partial charge in [0.15, 0.2) is 5.54 Å². The van der Waals surface area contributed by atoms with Gasteiger partial charge in [-0.2, -0.15) is 0 Å². The third-order valence-corrected chi connectivity index (χ3v) is 4.45. The largest absolute Gasteiger partial charge is 0.467 e. The van der Waals surface area contributed by atoms with Crippen molar-refractivity contribution in [2.45, 2.75) is 19.4 Å². The number of ether oxygens (including phenoxy) is 1. The van der Waals surface area contributed by atoms with Gasteiger partial charge in [0, 0.05) is 17.1 Å². The SMILES string of the molecule is COC(=O)C(C)(NC(=O)c1cc(C)nc2cc(F)ccc12)c1ccccc1. The third-order valence-electron chi connectivity index (χ3n) is 4.45. The van der Waals surface area contributed by atoms with Crippen LogP contribution in [0, 0.1) is 12.7 Å². The molecule has 1 atom stereocenters. The number of aryl methyl sites for hydroxylation is 1. The van der Waals surface area contributed by atoms with Gasteiger partial charge in [0.2, 0.25) is 0 Å². The van der Waals surface area contributed by atoms with Gasteiger partial charge < -0.3 is 10.1 Å². The van der Waals surface area contributed by atoms with Gasteiger partial charge >= 0.3 is 5.97 Å². The summed E-state index contributed by atoms with van der Waals surface area (Å²) in [5.41, 5.74) is 0.462. The highest BCUT2D eigenvalue weighted by molar-refractivity contribution is 6.07. The molecule has 5 nitrogen and oxygen atoms in total. The molecule has 0 bridgehead atoms. The highest BCUT2D eigenvalue weighted by atomic mass is 19.1. The molecule has 1 aromatic heterocycles. The van der Waals surface area contributed by atoms with E-state index in [1.54, 1.807) is 44.2 Å². The van der Waals surface area contributed by atoms with E-state index in [9.17, 15) is 14.0 Å². The first-order valence-electron chi connectivity index (χ1n) is 8.38. The quantitative estimate of drug-likeness (QED) is 0.718. The number of amides is 1. The van der Waals surface area contributed by atoms with E-state index in [4.69, 9.17) is 4.74 Å². The molecule has 3 rings (SSSR count). The number of halogens is 1. The number of carbonyl (C=O) groups excluding carboxylic acids is 2. The minimum absolute atomic E-state index is 0.309. The number of nitrogens with one attached hydrogen (secondary N) is 1. The fraction of sp³-hybridized carbons (Fsp3) is 0.190. The first-order valence-corrected chi connectivity index (χ1v) is 8.38. The van der Waals surface area contributed by atoms with Crippen LogP contribution in [0.25, 0.3) is 10.9 Å². The summed E-state index contributed by atoms with van der Waals surface area (Å²) in [6.45, 7) is 3.31. The number of aromatic nitrogens is 1. The second kappa shape index (κ2) is 7.15. The lowest BCUT2D eigenvalue weighted by atomic mass is 9.91. The van der Waals surface area contributed by atoms with Gasteiger partial charge in [0.25, 0.3) is 5.91 Å². The molecule has 1 amide bonds. The summed E-state index contributed by atoms with van der Waals surface area (Å²) in [6, 6.07) is 14.5. The number of carbonyl (C=O) groups is 2. The van der Waals surface area contributed by atoms with Crippen LogP contribution in [0.4, 0.5) is 4.39 Å². The molecule has 0 aliphatic carbocycles. The van der Waals surface area contributed by atoms with Crippen molar-refractivity contribution in [3.8, 4) is 0 Å². The van der Waals surface area contributed by atoms with E-state index in [2.05, 4.69) is 10.3 Å². The zero-order valence-corrected chi connectivity index (χ0v) is 15.2. The molecule has 0 spiro atoms. The topological polar surface area (TPSA) is 68.3 Å². The average Bonchev–Trinajstić information content (AvgIpc) is 2.66. The Hall–Kier alpha value is -3.28. The first kappa shape index (κ1) is 18.5. The molecule has 1 unspecified atom stereocenters. The Morgan fingerprint density at radius 3 is 2.48 bits per heavy atom. The maximum Gasteiger partial charge on any atom is 0.336 e. The van der Waals surface area contributed by atoms with Crippen LogP contribution in [0.5, 0.6) is 0 Å². The van der Waals surface area contributed by atoms with Crippen LogP contribution in [0.3, 0.4) is 0 Å². The zero-order chi connectivity index (χ0) is 19.6. The zero-order valence-electron chi connectivity index (χ0n) is 15.2. The summed E-state index contributed by atoms with van der Waals surface area (Å²) in [5.74, 6) is -1.51. The molecular weight excluding hydrogens is 347 g/mol. The summed E-state index contributed by atoms with van der Waals surface area (Å²) in [4.78, 5) is 29.8. The van der Waals surface area contributed by atoms with Gasteiger partial charge in [-0.1, -0.05) is 30.3 Å². The number of pyridine rings is 1. The van der Waals surface area contributed by atoms with Crippen LogP contribution < -0.4 is 5.32 Å². The van der Waals surface area contributed by atoms with Gasteiger partial charge in [-0.25, -0.2) is 9.18 Å². The van der Waals surface area contributed by atoms with Gasteiger partial charge in [-0.05, 0) is 37.6 Å². The molecule has 2 aromatic carbocycles. The number of fused-ring (bicyclic) bond motifs is 1. The highest BCUT2D eigenvalue weighted by Gasteiger charge is 2.38. The molecular formula is C21H19FN2O3. The Morgan fingerprint density at radius 2 is 1.81 bits per heavy atom. The highest BCUT2D eigenvalue weighted by Crippen LogP contribution is 2.25. The van der Waals surface area contributed by atoms with Crippen LogP contribution >= 0.6 is 0 Å². The Kier molecular flexibility index (Phi) is 4.90. The Labute approximate surface area is 156 Å². The number of methoxy groups -OCH3 is 1. The molecule has 0 saturated carbocycles. The molecule has 1 N–H and O–H groups in total. The maximum atomic E-state index is 13.5. The fourth-order valence-corrected chi connectivity index (χ4v) is 3.03. The molecule has 0 radical (unpaired) electrons. The lowest BCUT2D eigenvalue weighted by Gasteiger charge is -2.28. The minimum Gasteiger partial charge on any atom is -0.467 e. The van der Waals surface area contributed by atoms with E-state index in [-0.39, 0.29) is 0 Å². The predicted octanol–water partition coefficient (Wildman–Crippen LogP) is 3.50. The van der Waals surface area contributed by atoms with E-state index >= 15 is 0 Å². The lowest BCUT2D eigenvalue weighted by molar-refractivity contribution is -0.147. The molecule has 6 heteroatoms. The number of benzene rings is 2. The van der Waals surface area contributed by atoms with Gasteiger partial charge in [-0.3, -0.25) is 9.78 Å². The lowest BCUT2D eigenvalue weighted by Crippen LogP contribution is -2.50. The van der Waals surface area contributed by atoms with Crippen LogP contribution in [0.2, 0.25) is 0 Å². The van der Waals surface area contributed by atoms with Crippen molar-refractivity contribution < 1.29 is 18.7 Å². The van der Waals surface area contributed by atoms with Crippen molar-refractivity contribution in [1.82, 2.24) is 10.3 Å². The van der Waals surface area contributed by atoms with Gasteiger partial charge in [-0.15, -0.1) is 0 Å². The number of esters is 1. The average molecular weight is 366 g/mol.